The molecule has 0 bridgehead atoms. The van der Waals surface area contributed by atoms with E-state index >= 15 is 0 Å². The molecule has 1 amide bonds. The normalized spacial score (nSPS) is 22.1. The number of likely N-dealkylation sites (tertiary alicyclic amines) is 1. The number of carbonyl (C=O) groups excluding carboxylic acids is 1. The fraction of sp³-hybridized carbons (Fsp3) is 0.833. The SMILES string of the molecule is CCC(=O)N1CC(F)(F)C1. The molecule has 0 aromatic rings. The van der Waals surface area contributed by atoms with E-state index in [1.807, 2.05) is 0 Å². The van der Waals surface area contributed by atoms with Crippen LogP contribution in [0.15, 0.2) is 0 Å². The lowest BCUT2D eigenvalue weighted by molar-refractivity contribution is -0.165. The van der Waals surface area contributed by atoms with E-state index in [-0.39, 0.29) is 19.0 Å². The van der Waals surface area contributed by atoms with E-state index in [4.69, 9.17) is 0 Å². The number of halogens is 2. The summed E-state index contributed by atoms with van der Waals surface area (Å²) >= 11 is 0. The average Bonchev–Trinajstić information content (AvgIpc) is 1.81. The molecule has 1 aliphatic heterocycles. The van der Waals surface area contributed by atoms with Crippen LogP contribution in [-0.2, 0) is 4.79 Å². The van der Waals surface area contributed by atoms with Gasteiger partial charge in [-0.2, -0.15) is 0 Å². The first-order valence-electron chi connectivity index (χ1n) is 3.21. The third-order valence-corrected chi connectivity index (χ3v) is 1.50. The maximum atomic E-state index is 12.1. The smallest absolute Gasteiger partial charge is 0.282 e. The number of hydrogen-bond acceptors (Lipinski definition) is 1. The van der Waals surface area contributed by atoms with Crippen molar-refractivity contribution in [3.63, 3.8) is 0 Å². The van der Waals surface area contributed by atoms with Crippen molar-refractivity contribution in [3.05, 3.63) is 0 Å². The molecule has 1 rings (SSSR count). The van der Waals surface area contributed by atoms with Gasteiger partial charge in [-0.3, -0.25) is 4.79 Å². The summed E-state index contributed by atoms with van der Waals surface area (Å²) in [6.45, 7) is 0.887. The minimum atomic E-state index is -2.62. The first-order chi connectivity index (χ1) is 4.55. The van der Waals surface area contributed by atoms with Gasteiger partial charge in [0.15, 0.2) is 0 Å². The molecule has 0 radical (unpaired) electrons. The van der Waals surface area contributed by atoms with Crippen LogP contribution in [0.3, 0.4) is 0 Å². The lowest BCUT2D eigenvalue weighted by atomic mass is 10.1. The summed E-state index contributed by atoms with van der Waals surface area (Å²) in [5, 5.41) is 0. The van der Waals surface area contributed by atoms with Gasteiger partial charge in [0, 0.05) is 6.42 Å². The zero-order valence-electron chi connectivity index (χ0n) is 5.73. The molecule has 0 aromatic heterocycles. The van der Waals surface area contributed by atoms with Crippen molar-refractivity contribution in [3.8, 4) is 0 Å². The Hall–Kier alpha value is -0.670. The number of amides is 1. The Morgan fingerprint density at radius 2 is 2.10 bits per heavy atom. The predicted octanol–water partition coefficient (Wildman–Crippen LogP) is 0.874. The Morgan fingerprint density at radius 1 is 1.60 bits per heavy atom. The summed E-state index contributed by atoms with van der Waals surface area (Å²) in [5.41, 5.74) is 0. The highest BCUT2D eigenvalue weighted by molar-refractivity contribution is 5.76. The molecule has 0 spiro atoms. The summed E-state index contributed by atoms with van der Waals surface area (Å²) in [4.78, 5) is 11.8. The molecule has 0 aromatic carbocycles. The maximum absolute atomic E-state index is 12.1. The first kappa shape index (κ1) is 7.44. The zero-order valence-corrected chi connectivity index (χ0v) is 5.73. The standard InChI is InChI=1S/C6H9F2NO/c1-2-5(10)9-3-6(7,8)4-9/h2-4H2,1H3. The fourth-order valence-electron chi connectivity index (χ4n) is 0.912. The maximum Gasteiger partial charge on any atom is 0.282 e. The van der Waals surface area contributed by atoms with Gasteiger partial charge < -0.3 is 4.90 Å². The van der Waals surface area contributed by atoms with E-state index in [0.717, 1.165) is 0 Å². The van der Waals surface area contributed by atoms with Gasteiger partial charge in [-0.15, -0.1) is 0 Å². The minimum absolute atomic E-state index is 0.189. The summed E-state index contributed by atoms with van der Waals surface area (Å²) in [6.07, 6.45) is 0.316. The highest BCUT2D eigenvalue weighted by Gasteiger charge is 2.45. The monoisotopic (exact) mass is 149 g/mol. The van der Waals surface area contributed by atoms with Crippen LogP contribution in [0.2, 0.25) is 0 Å². The number of alkyl halides is 2. The molecule has 1 aliphatic rings. The topological polar surface area (TPSA) is 20.3 Å². The van der Waals surface area contributed by atoms with Gasteiger partial charge in [-0.1, -0.05) is 6.92 Å². The molecule has 1 heterocycles. The van der Waals surface area contributed by atoms with Crippen LogP contribution in [0.5, 0.6) is 0 Å². The molecule has 0 saturated carbocycles. The highest BCUT2D eigenvalue weighted by Crippen LogP contribution is 2.26. The van der Waals surface area contributed by atoms with E-state index in [9.17, 15) is 13.6 Å². The van der Waals surface area contributed by atoms with Crippen LogP contribution in [0.1, 0.15) is 13.3 Å². The van der Waals surface area contributed by atoms with Crippen molar-refractivity contribution in [2.45, 2.75) is 19.3 Å². The van der Waals surface area contributed by atoms with Crippen molar-refractivity contribution in [2.75, 3.05) is 13.1 Å². The van der Waals surface area contributed by atoms with Crippen molar-refractivity contribution in [1.29, 1.82) is 0 Å². The Balaban J connectivity index is 2.33. The molecular weight excluding hydrogens is 140 g/mol. The lowest BCUT2D eigenvalue weighted by Gasteiger charge is -2.38. The molecule has 0 N–H and O–H groups in total. The Labute approximate surface area is 57.8 Å². The number of rotatable bonds is 1. The first-order valence-corrected chi connectivity index (χ1v) is 3.21. The Morgan fingerprint density at radius 3 is 2.40 bits per heavy atom. The highest BCUT2D eigenvalue weighted by atomic mass is 19.3. The fourth-order valence-corrected chi connectivity index (χ4v) is 0.912. The van der Waals surface area contributed by atoms with Gasteiger partial charge in [-0.25, -0.2) is 8.78 Å². The molecule has 4 heteroatoms. The van der Waals surface area contributed by atoms with Crippen molar-refractivity contribution in [2.24, 2.45) is 0 Å². The second-order valence-corrected chi connectivity index (χ2v) is 2.46. The number of carbonyl (C=O) groups is 1. The van der Waals surface area contributed by atoms with Crippen molar-refractivity contribution >= 4 is 5.91 Å². The molecule has 0 aliphatic carbocycles. The largest absolute Gasteiger partial charge is 0.330 e. The summed E-state index contributed by atoms with van der Waals surface area (Å²) in [6, 6.07) is 0. The van der Waals surface area contributed by atoms with Gasteiger partial charge in [0.2, 0.25) is 5.91 Å². The van der Waals surface area contributed by atoms with Crippen LogP contribution < -0.4 is 0 Å². The van der Waals surface area contributed by atoms with Crippen molar-refractivity contribution in [1.82, 2.24) is 4.90 Å². The second-order valence-electron chi connectivity index (χ2n) is 2.46. The zero-order chi connectivity index (χ0) is 7.78. The quantitative estimate of drug-likeness (QED) is 0.541. The van der Waals surface area contributed by atoms with E-state index in [2.05, 4.69) is 0 Å². The molecule has 0 atom stereocenters. The number of nitrogens with zero attached hydrogens (tertiary/aromatic N) is 1. The third-order valence-electron chi connectivity index (χ3n) is 1.50. The van der Waals surface area contributed by atoms with Gasteiger partial charge >= 0.3 is 0 Å². The lowest BCUT2D eigenvalue weighted by Crippen LogP contribution is -2.58. The molecular formula is C6H9F2NO. The van der Waals surface area contributed by atoms with Gasteiger partial charge in [0.05, 0.1) is 13.1 Å². The average molecular weight is 149 g/mol. The van der Waals surface area contributed by atoms with Gasteiger partial charge in [-0.05, 0) is 0 Å². The molecule has 1 fully saturated rings. The van der Waals surface area contributed by atoms with Gasteiger partial charge in [0.1, 0.15) is 0 Å². The van der Waals surface area contributed by atoms with Crippen LogP contribution in [-0.4, -0.2) is 29.8 Å². The van der Waals surface area contributed by atoms with Crippen LogP contribution >= 0.6 is 0 Å². The van der Waals surface area contributed by atoms with E-state index in [1.54, 1.807) is 6.92 Å². The second kappa shape index (κ2) is 2.18. The van der Waals surface area contributed by atoms with Crippen LogP contribution in [0.25, 0.3) is 0 Å². The molecule has 1 saturated heterocycles. The summed E-state index contributed by atoms with van der Waals surface area (Å²) in [5.74, 6) is -2.81. The van der Waals surface area contributed by atoms with E-state index in [1.165, 1.54) is 4.90 Å². The van der Waals surface area contributed by atoms with Gasteiger partial charge in [0.25, 0.3) is 5.92 Å². The summed E-state index contributed by atoms with van der Waals surface area (Å²) < 4.78 is 24.2. The summed E-state index contributed by atoms with van der Waals surface area (Å²) in [7, 11) is 0. The third kappa shape index (κ3) is 1.25. The molecule has 10 heavy (non-hydrogen) atoms. The minimum Gasteiger partial charge on any atom is -0.330 e. The predicted molar refractivity (Wildman–Crippen MR) is 31.8 cm³/mol. The Kier molecular flexibility index (Phi) is 1.62. The number of hydrogen-bond donors (Lipinski definition) is 0. The molecule has 58 valence electrons. The Bertz CT molecular complexity index is 150. The van der Waals surface area contributed by atoms with Crippen molar-refractivity contribution < 1.29 is 13.6 Å². The molecule has 2 nitrogen and oxygen atoms in total. The van der Waals surface area contributed by atoms with Crippen LogP contribution in [0, 0.1) is 0 Å². The molecule has 0 unspecified atom stereocenters. The van der Waals surface area contributed by atoms with Crippen LogP contribution in [0.4, 0.5) is 8.78 Å². The van der Waals surface area contributed by atoms with E-state index in [0.29, 0.717) is 6.42 Å². The van der Waals surface area contributed by atoms with E-state index < -0.39 is 5.92 Å².